The Labute approximate surface area is 85.5 Å². The SMILES string of the molecule is NNC(=O)Cc1coc2cc(O)ccc12. The monoisotopic (exact) mass is 206 g/mol. The fourth-order valence-corrected chi connectivity index (χ4v) is 1.43. The number of benzene rings is 1. The smallest absolute Gasteiger partial charge is 0.238 e. The van der Waals surface area contributed by atoms with Gasteiger partial charge in [0.05, 0.1) is 12.7 Å². The first-order valence-corrected chi connectivity index (χ1v) is 4.39. The molecule has 1 aromatic heterocycles. The van der Waals surface area contributed by atoms with Crippen LogP contribution in [0.3, 0.4) is 0 Å². The minimum atomic E-state index is -0.286. The van der Waals surface area contributed by atoms with E-state index in [0.29, 0.717) is 5.58 Å². The summed E-state index contributed by atoms with van der Waals surface area (Å²) in [5, 5.41) is 10.0. The van der Waals surface area contributed by atoms with Crippen LogP contribution in [0.4, 0.5) is 0 Å². The molecule has 15 heavy (non-hydrogen) atoms. The highest BCUT2D eigenvalue weighted by atomic mass is 16.3. The number of nitrogens with two attached hydrogens (primary N) is 1. The number of nitrogens with one attached hydrogen (secondary N) is 1. The summed E-state index contributed by atoms with van der Waals surface area (Å²) in [4.78, 5) is 11.1. The largest absolute Gasteiger partial charge is 0.508 e. The van der Waals surface area contributed by atoms with Crippen LogP contribution in [-0.2, 0) is 11.2 Å². The summed E-state index contributed by atoms with van der Waals surface area (Å²) < 4.78 is 5.19. The van der Waals surface area contributed by atoms with E-state index in [9.17, 15) is 9.90 Å². The second-order valence-electron chi connectivity index (χ2n) is 3.19. The van der Waals surface area contributed by atoms with Gasteiger partial charge in [0, 0.05) is 17.0 Å². The van der Waals surface area contributed by atoms with E-state index in [4.69, 9.17) is 10.3 Å². The molecule has 2 aromatic rings. The molecule has 0 fully saturated rings. The van der Waals surface area contributed by atoms with E-state index < -0.39 is 0 Å². The molecule has 5 nitrogen and oxygen atoms in total. The van der Waals surface area contributed by atoms with Crippen LogP contribution in [-0.4, -0.2) is 11.0 Å². The lowest BCUT2D eigenvalue weighted by atomic mass is 10.1. The molecule has 2 rings (SSSR count). The zero-order valence-corrected chi connectivity index (χ0v) is 7.86. The van der Waals surface area contributed by atoms with Crippen molar-refractivity contribution in [3.05, 3.63) is 30.0 Å². The number of hydrazine groups is 1. The normalized spacial score (nSPS) is 10.5. The fraction of sp³-hybridized carbons (Fsp3) is 0.100. The second kappa shape index (κ2) is 3.62. The molecule has 0 spiro atoms. The highest BCUT2D eigenvalue weighted by Gasteiger charge is 2.09. The fourth-order valence-electron chi connectivity index (χ4n) is 1.43. The molecule has 0 bridgehead atoms. The number of aromatic hydroxyl groups is 1. The third kappa shape index (κ3) is 1.77. The molecular formula is C10H10N2O3. The van der Waals surface area contributed by atoms with Crippen molar-refractivity contribution in [2.75, 3.05) is 0 Å². The number of hydrogen-bond acceptors (Lipinski definition) is 4. The Morgan fingerprint density at radius 1 is 1.53 bits per heavy atom. The van der Waals surface area contributed by atoms with Gasteiger partial charge in [0.15, 0.2) is 0 Å². The van der Waals surface area contributed by atoms with Crippen molar-refractivity contribution in [1.29, 1.82) is 0 Å². The average molecular weight is 206 g/mol. The molecule has 0 atom stereocenters. The molecule has 1 amide bonds. The predicted molar refractivity (Wildman–Crippen MR) is 53.9 cm³/mol. The standard InChI is InChI=1S/C10H10N2O3/c11-12-10(14)3-6-5-15-9-4-7(13)1-2-8(6)9/h1-2,4-5,13H,3,11H2,(H,12,14). The number of furan rings is 1. The van der Waals surface area contributed by atoms with Crippen molar-refractivity contribution in [3.63, 3.8) is 0 Å². The van der Waals surface area contributed by atoms with Crippen LogP contribution in [0.15, 0.2) is 28.9 Å². The third-order valence-electron chi connectivity index (χ3n) is 2.15. The van der Waals surface area contributed by atoms with E-state index in [1.54, 1.807) is 12.1 Å². The quantitative estimate of drug-likeness (QED) is 0.383. The van der Waals surface area contributed by atoms with Crippen molar-refractivity contribution in [3.8, 4) is 5.75 Å². The van der Waals surface area contributed by atoms with Crippen molar-refractivity contribution >= 4 is 16.9 Å². The van der Waals surface area contributed by atoms with E-state index >= 15 is 0 Å². The first-order valence-electron chi connectivity index (χ1n) is 4.39. The van der Waals surface area contributed by atoms with E-state index in [2.05, 4.69) is 0 Å². The summed E-state index contributed by atoms with van der Waals surface area (Å²) in [5.41, 5.74) is 3.34. The van der Waals surface area contributed by atoms with Gasteiger partial charge in [-0.2, -0.15) is 0 Å². The molecular weight excluding hydrogens is 196 g/mol. The first-order chi connectivity index (χ1) is 7.20. The van der Waals surface area contributed by atoms with Crippen LogP contribution in [0.2, 0.25) is 0 Å². The van der Waals surface area contributed by atoms with Crippen LogP contribution in [0.1, 0.15) is 5.56 Å². The van der Waals surface area contributed by atoms with Crippen molar-refractivity contribution in [1.82, 2.24) is 5.43 Å². The van der Waals surface area contributed by atoms with Crippen LogP contribution < -0.4 is 11.3 Å². The molecule has 78 valence electrons. The van der Waals surface area contributed by atoms with E-state index in [1.807, 2.05) is 5.43 Å². The van der Waals surface area contributed by atoms with Crippen LogP contribution >= 0.6 is 0 Å². The number of hydrogen-bond donors (Lipinski definition) is 3. The maximum absolute atomic E-state index is 11.1. The van der Waals surface area contributed by atoms with Crippen molar-refractivity contribution < 1.29 is 14.3 Å². The Balaban J connectivity index is 2.41. The molecule has 0 radical (unpaired) electrons. The van der Waals surface area contributed by atoms with Gasteiger partial charge in [-0.05, 0) is 12.1 Å². The number of carbonyl (C=O) groups is 1. The molecule has 0 aliphatic heterocycles. The van der Waals surface area contributed by atoms with Gasteiger partial charge >= 0.3 is 0 Å². The number of rotatable bonds is 2. The van der Waals surface area contributed by atoms with E-state index in [1.165, 1.54) is 12.3 Å². The molecule has 1 heterocycles. The molecule has 5 heteroatoms. The number of amides is 1. The van der Waals surface area contributed by atoms with Crippen LogP contribution in [0, 0.1) is 0 Å². The van der Waals surface area contributed by atoms with Gasteiger partial charge in [0.2, 0.25) is 5.91 Å². The van der Waals surface area contributed by atoms with E-state index in [-0.39, 0.29) is 18.1 Å². The van der Waals surface area contributed by atoms with Crippen molar-refractivity contribution in [2.24, 2.45) is 5.84 Å². The lowest BCUT2D eigenvalue weighted by molar-refractivity contribution is -0.120. The van der Waals surface area contributed by atoms with Gasteiger partial charge in [-0.15, -0.1) is 0 Å². The lowest BCUT2D eigenvalue weighted by Gasteiger charge is -1.97. The summed E-state index contributed by atoms with van der Waals surface area (Å²) in [6, 6.07) is 4.74. The molecule has 0 saturated heterocycles. The topological polar surface area (TPSA) is 88.5 Å². The first kappa shape index (κ1) is 9.54. The zero-order valence-electron chi connectivity index (χ0n) is 7.86. The number of carbonyl (C=O) groups excluding carboxylic acids is 1. The highest BCUT2D eigenvalue weighted by molar-refractivity contribution is 5.87. The molecule has 0 saturated carbocycles. The molecule has 4 N–H and O–H groups in total. The minimum Gasteiger partial charge on any atom is -0.508 e. The summed E-state index contributed by atoms with van der Waals surface area (Å²) in [6.45, 7) is 0. The van der Waals surface area contributed by atoms with Crippen LogP contribution in [0.5, 0.6) is 5.75 Å². The van der Waals surface area contributed by atoms with Crippen LogP contribution in [0.25, 0.3) is 11.0 Å². The number of fused-ring (bicyclic) bond motifs is 1. The van der Waals surface area contributed by atoms with Gasteiger partial charge in [-0.1, -0.05) is 0 Å². The van der Waals surface area contributed by atoms with E-state index in [0.717, 1.165) is 10.9 Å². The summed E-state index contributed by atoms with van der Waals surface area (Å²) in [5.74, 6) is 4.83. The second-order valence-corrected chi connectivity index (χ2v) is 3.19. The molecule has 0 aliphatic rings. The van der Waals surface area contributed by atoms with Crippen molar-refractivity contribution in [2.45, 2.75) is 6.42 Å². The molecule has 1 aromatic carbocycles. The molecule has 0 unspecified atom stereocenters. The number of phenolic OH excluding ortho intramolecular Hbond substituents is 1. The minimum absolute atomic E-state index is 0.131. The highest BCUT2D eigenvalue weighted by Crippen LogP contribution is 2.25. The van der Waals surface area contributed by atoms with Gasteiger partial charge in [0.1, 0.15) is 11.3 Å². The Bertz CT molecular complexity index is 504. The Hall–Kier alpha value is -2.01. The zero-order chi connectivity index (χ0) is 10.8. The maximum Gasteiger partial charge on any atom is 0.238 e. The lowest BCUT2D eigenvalue weighted by Crippen LogP contribution is -2.31. The van der Waals surface area contributed by atoms with Gasteiger partial charge in [-0.25, -0.2) is 5.84 Å². The summed E-state index contributed by atoms with van der Waals surface area (Å²) in [7, 11) is 0. The summed E-state index contributed by atoms with van der Waals surface area (Å²) >= 11 is 0. The van der Waals surface area contributed by atoms with Gasteiger partial charge < -0.3 is 9.52 Å². The molecule has 0 aliphatic carbocycles. The predicted octanol–water partition coefficient (Wildman–Crippen LogP) is 0.671. The average Bonchev–Trinajstić information content (AvgIpc) is 2.60. The van der Waals surface area contributed by atoms with Gasteiger partial charge in [-0.3, -0.25) is 10.2 Å². The Kier molecular flexibility index (Phi) is 2.31. The third-order valence-corrected chi connectivity index (χ3v) is 2.15. The van der Waals surface area contributed by atoms with Gasteiger partial charge in [0.25, 0.3) is 0 Å². The Morgan fingerprint density at radius 2 is 2.33 bits per heavy atom. The summed E-state index contributed by atoms with van der Waals surface area (Å²) in [6.07, 6.45) is 1.65. The maximum atomic E-state index is 11.1. The Morgan fingerprint density at radius 3 is 3.07 bits per heavy atom. The number of phenols is 1.